The monoisotopic (exact) mass is 916 g/mol. The highest BCUT2D eigenvalue weighted by molar-refractivity contribution is 6.05. The molecular formula is C50H85N5O10. The van der Waals surface area contributed by atoms with E-state index in [-0.39, 0.29) is 65.0 Å². The minimum Gasteiger partial charge on any atom is -0.286 e. The SMILES string of the molecule is CC(=O)N(C(C)=O)C(C)(C)C.CC(=O)N(C)C(=O)C(C)(C)C.CCN(C(C)=O)C(=O)C(C)(C)C.CN(C(=O)C1CCCC1)C(=O)C(C)(C)C.CN(C(=O)c1ccccc1)C(=O)C(C)(C)C. The highest BCUT2D eigenvalue weighted by Gasteiger charge is 2.34. The molecule has 0 heterocycles. The predicted octanol–water partition coefficient (Wildman–Crippen LogP) is 8.18. The number of rotatable bonds is 3. The Kier molecular flexibility index (Phi) is 26.4. The minimum absolute atomic E-state index is 0.00688. The van der Waals surface area contributed by atoms with Crippen LogP contribution in [0.2, 0.25) is 0 Å². The number of hydrogen-bond donors (Lipinski definition) is 0. The Morgan fingerprint density at radius 3 is 1.05 bits per heavy atom. The van der Waals surface area contributed by atoms with E-state index in [0.29, 0.717) is 12.1 Å². The van der Waals surface area contributed by atoms with E-state index in [1.54, 1.807) is 101 Å². The molecule has 0 aliphatic heterocycles. The molecule has 1 aromatic rings. The molecule has 370 valence electrons. The van der Waals surface area contributed by atoms with Crippen molar-refractivity contribution in [3.63, 3.8) is 0 Å². The maximum absolute atomic E-state index is 11.9. The van der Waals surface area contributed by atoms with Gasteiger partial charge >= 0.3 is 0 Å². The van der Waals surface area contributed by atoms with Gasteiger partial charge in [-0.1, -0.05) is 114 Å². The van der Waals surface area contributed by atoms with Gasteiger partial charge in [0.25, 0.3) is 5.91 Å². The molecule has 0 aromatic heterocycles. The first-order valence-electron chi connectivity index (χ1n) is 22.1. The highest BCUT2D eigenvalue weighted by atomic mass is 16.2. The molecule has 1 fully saturated rings. The Labute approximate surface area is 391 Å². The molecule has 1 aromatic carbocycles. The van der Waals surface area contributed by atoms with Gasteiger partial charge in [0.1, 0.15) is 0 Å². The number of benzene rings is 1. The van der Waals surface area contributed by atoms with Crippen LogP contribution in [0.1, 0.15) is 175 Å². The molecule has 1 saturated carbocycles. The lowest BCUT2D eigenvalue weighted by Crippen LogP contribution is -2.47. The average molecular weight is 916 g/mol. The Bertz CT molecular complexity index is 1780. The summed E-state index contributed by atoms with van der Waals surface area (Å²) in [4.78, 5) is 120. The first kappa shape index (κ1) is 64.2. The van der Waals surface area contributed by atoms with Crippen molar-refractivity contribution < 1.29 is 47.9 Å². The maximum Gasteiger partial charge on any atom is 0.260 e. The summed E-state index contributed by atoms with van der Waals surface area (Å²) in [5.41, 5.74) is -1.83. The van der Waals surface area contributed by atoms with Crippen LogP contribution in [0.25, 0.3) is 0 Å². The van der Waals surface area contributed by atoms with Gasteiger partial charge in [-0.3, -0.25) is 72.4 Å². The summed E-state index contributed by atoms with van der Waals surface area (Å²) in [5, 5.41) is 0. The topological polar surface area (TPSA) is 187 Å². The van der Waals surface area contributed by atoms with Crippen molar-refractivity contribution in [2.24, 2.45) is 27.6 Å². The van der Waals surface area contributed by atoms with Crippen molar-refractivity contribution >= 4 is 59.1 Å². The molecule has 2 rings (SSSR count). The van der Waals surface area contributed by atoms with Crippen molar-refractivity contribution in [2.75, 3.05) is 27.7 Å². The zero-order valence-electron chi connectivity index (χ0n) is 44.3. The number of nitrogens with zero attached hydrogens (tertiary/aromatic N) is 5. The first-order chi connectivity index (χ1) is 29.0. The van der Waals surface area contributed by atoms with Gasteiger partial charge in [0.2, 0.25) is 53.2 Å². The van der Waals surface area contributed by atoms with E-state index >= 15 is 0 Å². The fraction of sp³-hybridized carbons (Fsp3) is 0.680. The lowest BCUT2D eigenvalue weighted by molar-refractivity contribution is -0.151. The van der Waals surface area contributed by atoms with Crippen LogP contribution >= 0.6 is 0 Å². The van der Waals surface area contributed by atoms with Crippen molar-refractivity contribution in [2.45, 2.75) is 170 Å². The van der Waals surface area contributed by atoms with E-state index in [1.807, 2.05) is 47.6 Å². The molecule has 15 heteroatoms. The molecule has 15 nitrogen and oxygen atoms in total. The van der Waals surface area contributed by atoms with E-state index in [2.05, 4.69) is 0 Å². The van der Waals surface area contributed by atoms with Gasteiger partial charge in [0.15, 0.2) is 0 Å². The number of carbonyl (C=O) groups is 10. The van der Waals surface area contributed by atoms with Crippen molar-refractivity contribution in [3.05, 3.63) is 35.9 Å². The van der Waals surface area contributed by atoms with Crippen LogP contribution in [0, 0.1) is 27.6 Å². The Hall–Kier alpha value is -5.08. The fourth-order valence-corrected chi connectivity index (χ4v) is 6.15. The molecule has 1 aliphatic carbocycles. The van der Waals surface area contributed by atoms with Crippen LogP contribution < -0.4 is 0 Å². The Morgan fingerprint density at radius 2 is 0.815 bits per heavy atom. The summed E-state index contributed by atoms with van der Waals surface area (Å²) in [7, 11) is 4.62. The molecule has 0 unspecified atom stereocenters. The predicted molar refractivity (Wildman–Crippen MR) is 256 cm³/mol. The molecule has 0 spiro atoms. The largest absolute Gasteiger partial charge is 0.286 e. The minimum atomic E-state index is -0.542. The lowest BCUT2D eigenvalue weighted by Gasteiger charge is -2.31. The molecule has 10 amide bonds. The number of carbonyl (C=O) groups excluding carboxylic acids is 10. The van der Waals surface area contributed by atoms with Crippen LogP contribution in [-0.4, -0.2) is 117 Å². The lowest BCUT2D eigenvalue weighted by atomic mass is 9.94. The molecule has 0 bridgehead atoms. The molecule has 0 atom stereocenters. The van der Waals surface area contributed by atoms with Crippen LogP contribution in [0.4, 0.5) is 0 Å². The zero-order chi connectivity index (χ0) is 52.4. The summed E-state index contributed by atoms with van der Waals surface area (Å²) in [6.45, 7) is 35.0. The van der Waals surface area contributed by atoms with Gasteiger partial charge in [0, 0.05) is 94.1 Å². The second kappa shape index (κ2) is 26.8. The summed E-state index contributed by atoms with van der Waals surface area (Å²) in [5.74, 6) is -1.50. The fourth-order valence-electron chi connectivity index (χ4n) is 6.15. The Balaban J connectivity index is -0.000000747. The van der Waals surface area contributed by atoms with Crippen molar-refractivity contribution in [3.8, 4) is 0 Å². The zero-order valence-corrected chi connectivity index (χ0v) is 44.3. The van der Waals surface area contributed by atoms with Gasteiger partial charge in [-0.25, -0.2) is 0 Å². The average Bonchev–Trinajstić information content (AvgIpc) is 3.70. The summed E-state index contributed by atoms with van der Waals surface area (Å²) in [6.07, 6.45) is 4.13. The Morgan fingerprint density at radius 1 is 0.477 bits per heavy atom. The van der Waals surface area contributed by atoms with Gasteiger partial charge in [-0.15, -0.1) is 0 Å². The van der Waals surface area contributed by atoms with E-state index in [1.165, 1.54) is 61.4 Å². The highest BCUT2D eigenvalue weighted by Crippen LogP contribution is 2.28. The van der Waals surface area contributed by atoms with E-state index in [0.717, 1.165) is 30.6 Å². The molecule has 1 aliphatic rings. The molecular weight excluding hydrogens is 831 g/mol. The van der Waals surface area contributed by atoms with Gasteiger partial charge in [0.05, 0.1) is 0 Å². The van der Waals surface area contributed by atoms with E-state index in [4.69, 9.17) is 0 Å². The van der Waals surface area contributed by atoms with Gasteiger partial charge < -0.3 is 0 Å². The summed E-state index contributed by atoms with van der Waals surface area (Å²) < 4.78 is 0. The van der Waals surface area contributed by atoms with Gasteiger partial charge in [-0.05, 0) is 52.7 Å². The summed E-state index contributed by atoms with van der Waals surface area (Å²) >= 11 is 0. The van der Waals surface area contributed by atoms with Crippen molar-refractivity contribution in [1.29, 1.82) is 0 Å². The van der Waals surface area contributed by atoms with Crippen LogP contribution in [0.5, 0.6) is 0 Å². The second-order valence-corrected chi connectivity index (χ2v) is 21.2. The molecule has 0 N–H and O–H groups in total. The second-order valence-electron chi connectivity index (χ2n) is 21.2. The van der Waals surface area contributed by atoms with E-state index in [9.17, 15) is 47.9 Å². The smallest absolute Gasteiger partial charge is 0.260 e. The van der Waals surface area contributed by atoms with Crippen molar-refractivity contribution in [1.82, 2.24) is 24.5 Å². The number of hydrogen-bond acceptors (Lipinski definition) is 10. The molecule has 0 saturated heterocycles. The number of imide groups is 5. The quantitative estimate of drug-likeness (QED) is 0.286. The van der Waals surface area contributed by atoms with Crippen LogP contribution in [0.15, 0.2) is 30.3 Å². The third-order valence-electron chi connectivity index (χ3n) is 9.56. The van der Waals surface area contributed by atoms with Gasteiger partial charge in [-0.2, -0.15) is 0 Å². The summed E-state index contributed by atoms with van der Waals surface area (Å²) in [6, 6.07) is 8.80. The first-order valence-corrected chi connectivity index (χ1v) is 22.1. The molecule has 0 radical (unpaired) electrons. The maximum atomic E-state index is 11.9. The number of amides is 10. The van der Waals surface area contributed by atoms with Crippen LogP contribution in [0.3, 0.4) is 0 Å². The van der Waals surface area contributed by atoms with E-state index < -0.39 is 27.2 Å². The normalized spacial score (nSPS) is 12.6. The van der Waals surface area contributed by atoms with Crippen LogP contribution in [-0.2, 0) is 43.2 Å². The third kappa shape index (κ3) is 23.6. The molecule has 65 heavy (non-hydrogen) atoms. The third-order valence-corrected chi connectivity index (χ3v) is 9.56. The standard InChI is InChI=1S/C13H17NO2.C12H21NO2.C9H17NO2.2C8H15NO2/c1-13(2,3)12(16)14(4)11(15)10-8-6-5-7-9-10;1-12(2,3)11(15)13(4)10(14)9-7-5-6-8-9;1-6-10(7(2)11)8(12)9(3,4)5;1-6(10)9(5)7(11)8(2,3)4;1-6(10)9(7(2)11)8(3,4)5/h5-9H,1-4H3;9H,5-8H2,1-4H3;6H2,1-5H3;2*1-5H3.